The number of pyridine rings is 1. The van der Waals surface area contributed by atoms with Gasteiger partial charge in [-0.1, -0.05) is 6.08 Å². The summed E-state index contributed by atoms with van der Waals surface area (Å²) in [6.45, 7) is 6.73. The minimum absolute atomic E-state index is 0.0546. The van der Waals surface area contributed by atoms with Gasteiger partial charge in [0.15, 0.2) is 0 Å². The molecule has 1 fully saturated rings. The number of hydrogen-bond donors (Lipinski definition) is 1. The maximum atomic E-state index is 9.05. The second kappa shape index (κ2) is 4.66. The molecule has 0 atom stereocenters. The Bertz CT molecular complexity index is 386. The summed E-state index contributed by atoms with van der Waals surface area (Å²) in [5.74, 6) is 1.03. The lowest BCUT2D eigenvalue weighted by molar-refractivity contribution is 0.281. The molecule has 3 nitrogen and oxygen atoms in total. The SMILES string of the molecule is C=CCN(c1ncc(CO)cc1C)C1CC1. The van der Waals surface area contributed by atoms with Gasteiger partial charge >= 0.3 is 0 Å². The van der Waals surface area contributed by atoms with Crippen LogP contribution in [0.1, 0.15) is 24.0 Å². The standard InChI is InChI=1S/C13H18N2O/c1-3-6-15(12-4-5-12)13-10(2)7-11(9-16)8-14-13/h3,7-8,12,16H,1,4-6,9H2,2H3. The third-order valence-corrected chi connectivity index (χ3v) is 2.88. The van der Waals surface area contributed by atoms with Gasteiger partial charge in [-0.15, -0.1) is 6.58 Å². The van der Waals surface area contributed by atoms with Crippen LogP contribution in [0.15, 0.2) is 24.9 Å². The summed E-state index contributed by atoms with van der Waals surface area (Å²) in [5, 5.41) is 9.05. The second-order valence-corrected chi connectivity index (χ2v) is 4.31. The molecular weight excluding hydrogens is 200 g/mol. The van der Waals surface area contributed by atoms with Gasteiger partial charge in [-0.2, -0.15) is 0 Å². The van der Waals surface area contributed by atoms with Crippen molar-refractivity contribution in [2.75, 3.05) is 11.4 Å². The summed E-state index contributed by atoms with van der Waals surface area (Å²) in [5.41, 5.74) is 2.00. The Labute approximate surface area is 96.4 Å². The van der Waals surface area contributed by atoms with Crippen LogP contribution in [0.3, 0.4) is 0 Å². The van der Waals surface area contributed by atoms with Crippen LogP contribution < -0.4 is 4.90 Å². The lowest BCUT2D eigenvalue weighted by Crippen LogP contribution is -2.27. The summed E-state index contributed by atoms with van der Waals surface area (Å²) in [7, 11) is 0. The van der Waals surface area contributed by atoms with Crippen molar-refractivity contribution >= 4 is 5.82 Å². The number of hydrogen-bond acceptors (Lipinski definition) is 3. The van der Waals surface area contributed by atoms with Gasteiger partial charge in [0.25, 0.3) is 0 Å². The van der Waals surface area contributed by atoms with Crippen molar-refractivity contribution in [3.05, 3.63) is 36.0 Å². The largest absolute Gasteiger partial charge is 0.392 e. The highest BCUT2D eigenvalue weighted by Crippen LogP contribution is 2.32. The zero-order chi connectivity index (χ0) is 11.5. The Kier molecular flexibility index (Phi) is 3.25. The van der Waals surface area contributed by atoms with Crippen LogP contribution in [0.2, 0.25) is 0 Å². The zero-order valence-corrected chi connectivity index (χ0v) is 9.69. The molecule has 0 unspecified atom stereocenters. The van der Waals surface area contributed by atoms with Crippen LogP contribution in [0.5, 0.6) is 0 Å². The highest BCUT2D eigenvalue weighted by molar-refractivity contribution is 5.49. The van der Waals surface area contributed by atoms with E-state index in [2.05, 4.69) is 16.5 Å². The Morgan fingerprint density at radius 2 is 2.38 bits per heavy atom. The molecule has 1 aliphatic rings. The van der Waals surface area contributed by atoms with E-state index >= 15 is 0 Å². The number of aliphatic hydroxyl groups is 1. The quantitative estimate of drug-likeness (QED) is 0.768. The van der Waals surface area contributed by atoms with E-state index in [9.17, 15) is 0 Å². The number of aryl methyl sites for hydroxylation is 1. The molecule has 2 rings (SSSR count). The normalized spacial score (nSPS) is 14.9. The van der Waals surface area contributed by atoms with Crippen molar-refractivity contribution in [1.29, 1.82) is 0 Å². The molecule has 1 heterocycles. The fraction of sp³-hybridized carbons (Fsp3) is 0.462. The van der Waals surface area contributed by atoms with E-state index in [0.29, 0.717) is 6.04 Å². The Morgan fingerprint density at radius 3 is 2.88 bits per heavy atom. The molecule has 1 N–H and O–H groups in total. The summed E-state index contributed by atoms with van der Waals surface area (Å²) in [4.78, 5) is 6.74. The molecule has 0 radical (unpaired) electrons. The molecule has 1 saturated carbocycles. The summed E-state index contributed by atoms with van der Waals surface area (Å²) in [6, 6.07) is 2.63. The van der Waals surface area contributed by atoms with E-state index in [1.807, 2.05) is 19.1 Å². The molecule has 0 aromatic carbocycles. The van der Waals surface area contributed by atoms with Crippen molar-refractivity contribution in [3.8, 4) is 0 Å². The predicted octanol–water partition coefficient (Wildman–Crippen LogP) is 2.04. The molecule has 0 bridgehead atoms. The number of nitrogens with zero attached hydrogens (tertiary/aromatic N) is 2. The van der Waals surface area contributed by atoms with Gasteiger partial charge < -0.3 is 10.0 Å². The monoisotopic (exact) mass is 218 g/mol. The summed E-state index contributed by atoms with van der Waals surface area (Å²) in [6.07, 6.45) is 6.16. The molecule has 0 aliphatic heterocycles. The van der Waals surface area contributed by atoms with Crippen molar-refractivity contribution < 1.29 is 5.11 Å². The Hall–Kier alpha value is -1.35. The van der Waals surface area contributed by atoms with Crippen LogP contribution >= 0.6 is 0 Å². The summed E-state index contributed by atoms with van der Waals surface area (Å²) < 4.78 is 0. The van der Waals surface area contributed by atoms with Crippen molar-refractivity contribution in [2.24, 2.45) is 0 Å². The van der Waals surface area contributed by atoms with E-state index in [-0.39, 0.29) is 6.61 Å². The predicted molar refractivity (Wildman–Crippen MR) is 65.5 cm³/mol. The zero-order valence-electron chi connectivity index (χ0n) is 9.69. The van der Waals surface area contributed by atoms with E-state index < -0.39 is 0 Å². The van der Waals surface area contributed by atoms with Gasteiger partial charge in [0.2, 0.25) is 0 Å². The van der Waals surface area contributed by atoms with Gasteiger partial charge in [-0.05, 0) is 37.0 Å². The Balaban J connectivity index is 2.26. The average Bonchev–Trinajstić information content (AvgIpc) is 3.10. The number of aromatic nitrogens is 1. The molecule has 0 amide bonds. The van der Waals surface area contributed by atoms with Crippen LogP contribution in [0.25, 0.3) is 0 Å². The minimum atomic E-state index is 0.0546. The van der Waals surface area contributed by atoms with E-state index in [4.69, 9.17) is 5.11 Å². The fourth-order valence-corrected chi connectivity index (χ4v) is 1.95. The van der Waals surface area contributed by atoms with Gasteiger partial charge in [-0.25, -0.2) is 4.98 Å². The van der Waals surface area contributed by atoms with Crippen LogP contribution in [0.4, 0.5) is 5.82 Å². The number of aliphatic hydroxyl groups excluding tert-OH is 1. The van der Waals surface area contributed by atoms with Crippen molar-refractivity contribution in [1.82, 2.24) is 4.98 Å². The van der Waals surface area contributed by atoms with Crippen LogP contribution in [0, 0.1) is 6.92 Å². The molecule has 86 valence electrons. The first kappa shape index (κ1) is 11.1. The number of anilines is 1. The fourth-order valence-electron chi connectivity index (χ4n) is 1.95. The first-order valence-corrected chi connectivity index (χ1v) is 5.70. The van der Waals surface area contributed by atoms with Crippen LogP contribution in [-0.2, 0) is 6.61 Å². The third-order valence-electron chi connectivity index (χ3n) is 2.88. The average molecular weight is 218 g/mol. The third kappa shape index (κ3) is 2.25. The highest BCUT2D eigenvalue weighted by atomic mass is 16.3. The summed E-state index contributed by atoms with van der Waals surface area (Å²) >= 11 is 0. The topological polar surface area (TPSA) is 36.4 Å². The van der Waals surface area contributed by atoms with E-state index in [1.165, 1.54) is 12.8 Å². The molecule has 1 aromatic rings. The lowest BCUT2D eigenvalue weighted by Gasteiger charge is -2.23. The van der Waals surface area contributed by atoms with Gasteiger partial charge in [0, 0.05) is 18.8 Å². The van der Waals surface area contributed by atoms with Crippen molar-refractivity contribution in [2.45, 2.75) is 32.4 Å². The van der Waals surface area contributed by atoms with E-state index in [0.717, 1.165) is 23.5 Å². The molecule has 0 spiro atoms. The Morgan fingerprint density at radius 1 is 1.62 bits per heavy atom. The minimum Gasteiger partial charge on any atom is -0.392 e. The second-order valence-electron chi connectivity index (χ2n) is 4.31. The first-order valence-electron chi connectivity index (χ1n) is 5.70. The van der Waals surface area contributed by atoms with E-state index in [1.54, 1.807) is 6.20 Å². The molecule has 3 heteroatoms. The van der Waals surface area contributed by atoms with Gasteiger partial charge in [0.05, 0.1) is 6.61 Å². The molecule has 1 aromatic heterocycles. The lowest BCUT2D eigenvalue weighted by atomic mass is 10.2. The molecule has 16 heavy (non-hydrogen) atoms. The maximum absolute atomic E-state index is 9.05. The van der Waals surface area contributed by atoms with Gasteiger partial charge in [-0.3, -0.25) is 0 Å². The first-order chi connectivity index (χ1) is 7.76. The molecule has 0 saturated heterocycles. The number of rotatable bonds is 5. The smallest absolute Gasteiger partial charge is 0.131 e. The maximum Gasteiger partial charge on any atom is 0.131 e. The molecule has 1 aliphatic carbocycles. The van der Waals surface area contributed by atoms with Crippen molar-refractivity contribution in [3.63, 3.8) is 0 Å². The molecular formula is C13H18N2O. The van der Waals surface area contributed by atoms with Gasteiger partial charge in [0.1, 0.15) is 5.82 Å². The van der Waals surface area contributed by atoms with Crippen LogP contribution in [-0.4, -0.2) is 22.7 Å². The highest BCUT2D eigenvalue weighted by Gasteiger charge is 2.29.